The van der Waals surface area contributed by atoms with Gasteiger partial charge in [-0.2, -0.15) is 0 Å². The monoisotopic (exact) mass is 1090 g/mol. The maximum atomic E-state index is 15.7. The van der Waals surface area contributed by atoms with Gasteiger partial charge in [-0.1, -0.05) is 139 Å². The molecule has 0 bridgehead atoms. The van der Waals surface area contributed by atoms with E-state index in [-0.39, 0.29) is 79.1 Å². The fourth-order valence-corrected chi connectivity index (χ4v) is 12.6. The molecule has 0 unspecified atom stereocenters. The molecule has 2 aliphatic carbocycles. The first-order valence-electron chi connectivity index (χ1n) is 29.2. The third-order valence-corrected chi connectivity index (χ3v) is 17.5. The van der Waals surface area contributed by atoms with Gasteiger partial charge in [0.15, 0.2) is 0 Å². The summed E-state index contributed by atoms with van der Waals surface area (Å²) in [6.07, 6.45) is 8.68. The van der Waals surface area contributed by atoms with Crippen molar-refractivity contribution >= 4 is 46.1 Å². The van der Waals surface area contributed by atoms with E-state index in [2.05, 4.69) is 5.32 Å². The molecular weight excluding hydrogens is 1010 g/mol. The second-order valence-corrected chi connectivity index (χ2v) is 23.6. The Morgan fingerprint density at radius 3 is 1.48 bits per heavy atom. The van der Waals surface area contributed by atoms with Gasteiger partial charge in [0.2, 0.25) is 17.7 Å². The van der Waals surface area contributed by atoms with Crippen molar-refractivity contribution in [3.05, 3.63) is 119 Å². The van der Waals surface area contributed by atoms with E-state index in [1.54, 1.807) is 62.1 Å². The quantitative estimate of drug-likeness (QED) is 0.0781. The Kier molecular flexibility index (Phi) is 19.7. The Morgan fingerprint density at radius 1 is 0.595 bits per heavy atom. The van der Waals surface area contributed by atoms with Gasteiger partial charge in [0.25, 0.3) is 23.7 Å². The summed E-state index contributed by atoms with van der Waals surface area (Å²) < 4.78 is 62.7. The molecule has 4 aromatic carbocycles. The summed E-state index contributed by atoms with van der Waals surface area (Å²) in [4.78, 5) is 91.0. The first-order valence-corrected chi connectivity index (χ1v) is 29.2. The highest BCUT2D eigenvalue weighted by atomic mass is 19.3. The number of benzene rings is 4. The number of carbonyl (C=O) groups is 6. The maximum Gasteiger partial charge on any atom is 0.267 e. The van der Waals surface area contributed by atoms with E-state index in [9.17, 15) is 28.8 Å². The van der Waals surface area contributed by atoms with E-state index in [1.807, 2.05) is 67.6 Å². The number of hydrogen-bond acceptors (Lipinski definition) is 6. The number of hydrogen-bond donors (Lipinski definition) is 1. The van der Waals surface area contributed by atoms with Gasteiger partial charge in [-0.25, -0.2) is 17.6 Å². The first-order chi connectivity index (χ1) is 37.8. The number of amides is 5. The van der Waals surface area contributed by atoms with Gasteiger partial charge in [-0.3, -0.25) is 28.8 Å². The number of ketones is 1. The molecular formula is C64H81F4N5O6. The molecule has 2 saturated carbocycles. The summed E-state index contributed by atoms with van der Waals surface area (Å²) in [5.74, 6) is -10.2. The van der Waals surface area contributed by atoms with E-state index in [0.717, 1.165) is 62.5 Å². The van der Waals surface area contributed by atoms with Crippen LogP contribution >= 0.6 is 0 Å². The first kappa shape index (κ1) is 59.0. The number of fused-ring (bicyclic) bond motifs is 1. The zero-order chi connectivity index (χ0) is 56.4. The summed E-state index contributed by atoms with van der Waals surface area (Å²) >= 11 is 0. The average Bonchev–Trinajstić information content (AvgIpc) is 3.98. The van der Waals surface area contributed by atoms with Crippen LogP contribution in [0.2, 0.25) is 0 Å². The van der Waals surface area contributed by atoms with Crippen molar-refractivity contribution in [3.63, 3.8) is 0 Å². The summed E-state index contributed by atoms with van der Waals surface area (Å²) in [5, 5.41) is 4.21. The van der Waals surface area contributed by atoms with Crippen molar-refractivity contribution in [2.45, 2.75) is 160 Å². The molecule has 11 nitrogen and oxygen atoms in total. The third-order valence-electron chi connectivity index (χ3n) is 17.5. The fourth-order valence-electron chi connectivity index (χ4n) is 12.6. The van der Waals surface area contributed by atoms with E-state index in [1.165, 1.54) is 14.7 Å². The highest BCUT2D eigenvalue weighted by Crippen LogP contribution is 2.40. The maximum absolute atomic E-state index is 15.7. The predicted molar refractivity (Wildman–Crippen MR) is 299 cm³/mol. The minimum atomic E-state index is -3.22. The third kappa shape index (κ3) is 15.2. The van der Waals surface area contributed by atoms with Gasteiger partial charge in [-0.05, 0) is 103 Å². The highest BCUT2D eigenvalue weighted by Gasteiger charge is 2.52. The van der Waals surface area contributed by atoms with Gasteiger partial charge in [0, 0.05) is 74.3 Å². The molecule has 1 N–H and O–H groups in total. The van der Waals surface area contributed by atoms with Gasteiger partial charge >= 0.3 is 0 Å². The zero-order valence-corrected chi connectivity index (χ0v) is 46.7. The van der Waals surface area contributed by atoms with Crippen molar-refractivity contribution in [3.8, 4) is 0 Å². The van der Waals surface area contributed by atoms with Crippen LogP contribution in [0, 0.1) is 29.6 Å². The molecule has 2 aliphatic heterocycles. The van der Waals surface area contributed by atoms with E-state index in [4.69, 9.17) is 0 Å². The van der Waals surface area contributed by atoms with Crippen molar-refractivity contribution < 1.29 is 46.3 Å². The molecule has 5 atom stereocenters. The minimum Gasteiger partial charge on any atom is -0.344 e. The van der Waals surface area contributed by atoms with E-state index >= 15 is 17.6 Å². The Morgan fingerprint density at radius 2 is 1.04 bits per heavy atom. The average molecular weight is 1090 g/mol. The Bertz CT molecular complexity index is 2750. The number of likely N-dealkylation sites (tertiary alicyclic amines) is 2. The lowest BCUT2D eigenvalue weighted by Gasteiger charge is -2.36. The number of rotatable bonds is 22. The van der Waals surface area contributed by atoms with Crippen LogP contribution in [0.25, 0.3) is 10.8 Å². The number of Topliss-reactive ketones (excluding diaryl/α,β-unsaturated/α-hetero) is 1. The summed E-state index contributed by atoms with van der Waals surface area (Å²) in [7, 11) is 0. The zero-order valence-electron chi connectivity index (χ0n) is 46.7. The van der Waals surface area contributed by atoms with Gasteiger partial charge in [0.1, 0.15) is 11.8 Å². The fraction of sp³-hybridized carbons (Fsp3) is 0.562. The van der Waals surface area contributed by atoms with Crippen LogP contribution in [0.15, 0.2) is 97.1 Å². The molecule has 4 fully saturated rings. The number of nitrogens with zero attached hydrogens (tertiary/aromatic N) is 4. The van der Waals surface area contributed by atoms with Gasteiger partial charge in [-0.15, -0.1) is 0 Å². The molecule has 0 radical (unpaired) electrons. The molecule has 0 aromatic heterocycles. The van der Waals surface area contributed by atoms with Crippen molar-refractivity contribution in [1.82, 2.24) is 24.9 Å². The standard InChI is InChI=1S/C64H81F4N5O6/c1-5-44(4)58(75)69-57(48-24-16-9-17-25-48)62(79)73-42-64(67,68)38-54(73)40-71(33-31-46-20-12-7-13-21-46)60(77)52-29-27-49-34-51(28-26-50(49)35-52)59(76)70(32-30-45-18-10-6-11-19-45)39-53-37-63(65,66)41-72(53)61(78)55(36-56(74)43(2)3)47-22-14-8-15-23-47/h6-7,10-13,18-21,26-29,34-35,43-44,47-48,53-55,57H,5,8-9,14-17,22-25,30-33,36-42H2,1-4H3,(H,69,75)/t44-,53+,54+,55+,57+/m1/s1. The Hall–Kier alpha value is -6.12. The summed E-state index contributed by atoms with van der Waals surface area (Å²) in [6, 6.07) is 26.2. The SMILES string of the molecule is CC[C@@H](C)C(=O)N[C@H](C(=O)N1CC(F)(F)C[C@H]1CN(CCc1ccccc1)C(=O)c1ccc2cc(C(=O)N(CCc3ccccc3)C[C@@H]3CC(F)(F)CN3C(=O)[C@@H](CC(=O)C(C)C)C3CCCCC3)ccc2c1)C1CCCCC1. The Labute approximate surface area is 464 Å². The van der Waals surface area contributed by atoms with Crippen molar-refractivity contribution in [2.75, 3.05) is 39.3 Å². The normalized spacial score (nSPS) is 20.7. The van der Waals surface area contributed by atoms with Gasteiger partial charge < -0.3 is 24.9 Å². The lowest BCUT2D eigenvalue weighted by molar-refractivity contribution is -0.143. The summed E-state index contributed by atoms with van der Waals surface area (Å²) in [6.45, 7) is 5.69. The van der Waals surface area contributed by atoms with Crippen LogP contribution in [0.1, 0.15) is 149 Å². The highest BCUT2D eigenvalue weighted by molar-refractivity contribution is 6.02. The predicted octanol–water partition coefficient (Wildman–Crippen LogP) is 11.6. The largest absolute Gasteiger partial charge is 0.344 e. The molecule has 2 heterocycles. The smallest absolute Gasteiger partial charge is 0.267 e. The number of carbonyl (C=O) groups excluding carboxylic acids is 6. The molecule has 426 valence electrons. The van der Waals surface area contributed by atoms with Crippen molar-refractivity contribution in [1.29, 1.82) is 0 Å². The lowest BCUT2D eigenvalue weighted by atomic mass is 9.76. The molecule has 4 aromatic rings. The lowest BCUT2D eigenvalue weighted by Crippen LogP contribution is -2.56. The molecule has 8 rings (SSSR count). The topological polar surface area (TPSA) is 127 Å². The van der Waals surface area contributed by atoms with Crippen LogP contribution in [0.4, 0.5) is 17.6 Å². The number of alkyl halides is 4. The second-order valence-electron chi connectivity index (χ2n) is 23.6. The number of nitrogens with one attached hydrogen (secondary N) is 1. The molecule has 79 heavy (non-hydrogen) atoms. The molecule has 5 amide bonds. The molecule has 0 spiro atoms. The van der Waals surface area contributed by atoms with Crippen LogP contribution in [0.3, 0.4) is 0 Å². The summed E-state index contributed by atoms with van der Waals surface area (Å²) in [5.41, 5.74) is 2.44. The Balaban J connectivity index is 1.05. The molecule has 4 aliphatic rings. The van der Waals surface area contributed by atoms with E-state index < -0.39 is 85.4 Å². The molecule has 15 heteroatoms. The number of halogens is 4. The molecule has 2 saturated heterocycles. The van der Waals surface area contributed by atoms with Crippen LogP contribution in [0.5, 0.6) is 0 Å². The van der Waals surface area contributed by atoms with Crippen LogP contribution in [-0.4, -0.2) is 124 Å². The van der Waals surface area contributed by atoms with Crippen LogP contribution in [-0.2, 0) is 32.0 Å². The second kappa shape index (κ2) is 26.4. The van der Waals surface area contributed by atoms with Crippen LogP contribution < -0.4 is 5.32 Å². The van der Waals surface area contributed by atoms with E-state index in [0.29, 0.717) is 42.9 Å². The van der Waals surface area contributed by atoms with Gasteiger partial charge in [0.05, 0.1) is 25.2 Å². The van der Waals surface area contributed by atoms with Crippen molar-refractivity contribution in [2.24, 2.45) is 29.6 Å². The minimum absolute atomic E-state index is 0.00319.